The Balaban J connectivity index is 1.46. The molecule has 0 spiro atoms. The summed E-state index contributed by atoms with van der Waals surface area (Å²) < 4.78 is 4.99. The number of hydrogen-bond donors (Lipinski definition) is 1. The minimum Gasteiger partial charge on any atom is -0.383 e. The van der Waals surface area contributed by atoms with Crippen molar-refractivity contribution < 1.29 is 19.1 Å². The second kappa shape index (κ2) is 8.70. The summed E-state index contributed by atoms with van der Waals surface area (Å²) in [6.45, 7) is 3.27. The van der Waals surface area contributed by atoms with Gasteiger partial charge in [-0.3, -0.25) is 9.59 Å². The van der Waals surface area contributed by atoms with Gasteiger partial charge >= 0.3 is 17.8 Å². The summed E-state index contributed by atoms with van der Waals surface area (Å²) in [5.41, 5.74) is 0. The van der Waals surface area contributed by atoms with E-state index in [9.17, 15) is 14.4 Å². The van der Waals surface area contributed by atoms with E-state index in [2.05, 4.69) is 5.32 Å². The first kappa shape index (κ1) is 18.9. The molecule has 1 saturated carbocycles. The first-order chi connectivity index (χ1) is 12.6. The Morgan fingerprint density at radius 2 is 1.73 bits per heavy atom. The van der Waals surface area contributed by atoms with E-state index in [1.807, 2.05) is 4.90 Å². The lowest BCUT2D eigenvalue weighted by Gasteiger charge is -2.42. The molecule has 4 amide bonds. The van der Waals surface area contributed by atoms with Gasteiger partial charge in [-0.25, -0.2) is 4.79 Å². The number of urea groups is 1. The number of nitrogens with one attached hydrogen (secondary N) is 1. The fourth-order valence-electron chi connectivity index (χ4n) is 4.17. The Morgan fingerprint density at radius 3 is 2.38 bits per heavy atom. The van der Waals surface area contributed by atoms with Gasteiger partial charge in [-0.15, -0.1) is 0 Å². The average molecular weight is 366 g/mol. The molecule has 1 aliphatic carbocycles. The van der Waals surface area contributed by atoms with Gasteiger partial charge in [0.1, 0.15) is 0 Å². The highest BCUT2D eigenvalue weighted by atomic mass is 16.5. The Hall–Kier alpha value is -1.83. The molecule has 26 heavy (non-hydrogen) atoms. The van der Waals surface area contributed by atoms with E-state index in [0.717, 1.165) is 25.7 Å². The Kier molecular flexibility index (Phi) is 6.34. The Morgan fingerprint density at radius 1 is 1.04 bits per heavy atom. The zero-order valence-electron chi connectivity index (χ0n) is 15.6. The van der Waals surface area contributed by atoms with Crippen molar-refractivity contribution in [2.75, 3.05) is 46.4 Å². The molecule has 2 saturated heterocycles. The van der Waals surface area contributed by atoms with Gasteiger partial charge in [0, 0.05) is 51.9 Å². The maximum absolute atomic E-state index is 12.4. The van der Waals surface area contributed by atoms with Crippen LogP contribution in [0, 0.1) is 0 Å². The van der Waals surface area contributed by atoms with Crippen LogP contribution < -0.4 is 5.32 Å². The topological polar surface area (TPSA) is 82.2 Å². The molecule has 2 aliphatic heterocycles. The van der Waals surface area contributed by atoms with Crippen molar-refractivity contribution in [1.29, 1.82) is 0 Å². The van der Waals surface area contributed by atoms with E-state index in [4.69, 9.17) is 4.74 Å². The SMILES string of the molecule is COCCN1CCN(C2CCN(C(=O)NC3CCCC3)CC2)C(=O)C1=O. The summed E-state index contributed by atoms with van der Waals surface area (Å²) in [5, 5.41) is 3.12. The van der Waals surface area contributed by atoms with Gasteiger partial charge in [-0.1, -0.05) is 12.8 Å². The predicted molar refractivity (Wildman–Crippen MR) is 95.6 cm³/mol. The van der Waals surface area contributed by atoms with Crippen molar-refractivity contribution in [2.24, 2.45) is 0 Å². The smallest absolute Gasteiger partial charge is 0.317 e. The maximum Gasteiger partial charge on any atom is 0.317 e. The lowest BCUT2D eigenvalue weighted by Crippen LogP contribution is -2.60. The fourth-order valence-corrected chi connectivity index (χ4v) is 4.17. The van der Waals surface area contributed by atoms with Crippen LogP contribution in [0.25, 0.3) is 0 Å². The minimum absolute atomic E-state index is 0.0159. The zero-order valence-corrected chi connectivity index (χ0v) is 15.6. The summed E-state index contributed by atoms with van der Waals surface area (Å²) in [6.07, 6.45) is 6.00. The lowest BCUT2D eigenvalue weighted by atomic mass is 10.0. The van der Waals surface area contributed by atoms with E-state index in [1.54, 1.807) is 16.9 Å². The highest BCUT2D eigenvalue weighted by Gasteiger charge is 2.38. The number of hydrogen-bond acceptors (Lipinski definition) is 4. The van der Waals surface area contributed by atoms with E-state index >= 15 is 0 Å². The summed E-state index contributed by atoms with van der Waals surface area (Å²) in [7, 11) is 1.58. The normalized spacial score (nSPS) is 23.0. The number of piperidine rings is 1. The van der Waals surface area contributed by atoms with Crippen molar-refractivity contribution in [1.82, 2.24) is 20.0 Å². The van der Waals surface area contributed by atoms with Gasteiger partial charge in [0.25, 0.3) is 0 Å². The number of carbonyl (C=O) groups excluding carboxylic acids is 3. The largest absolute Gasteiger partial charge is 0.383 e. The van der Waals surface area contributed by atoms with Gasteiger partial charge in [0.05, 0.1) is 6.61 Å². The quantitative estimate of drug-likeness (QED) is 0.715. The van der Waals surface area contributed by atoms with Crippen LogP contribution in [0.4, 0.5) is 4.79 Å². The molecule has 0 aromatic heterocycles. The molecule has 0 bridgehead atoms. The third kappa shape index (κ3) is 4.28. The highest BCUT2D eigenvalue weighted by molar-refractivity contribution is 6.35. The van der Waals surface area contributed by atoms with Crippen LogP contribution in [-0.2, 0) is 14.3 Å². The number of piperazine rings is 1. The summed E-state index contributed by atoms with van der Waals surface area (Å²) >= 11 is 0. The van der Waals surface area contributed by atoms with Crippen molar-refractivity contribution in [3.05, 3.63) is 0 Å². The van der Waals surface area contributed by atoms with E-state index < -0.39 is 11.8 Å². The van der Waals surface area contributed by atoms with Gasteiger partial charge in [-0.2, -0.15) is 0 Å². The predicted octanol–water partition coefficient (Wildman–Crippen LogP) is 0.420. The molecule has 0 unspecified atom stereocenters. The van der Waals surface area contributed by atoms with Crippen LogP contribution in [0.3, 0.4) is 0 Å². The molecule has 3 fully saturated rings. The van der Waals surface area contributed by atoms with E-state index in [0.29, 0.717) is 45.4 Å². The molecule has 1 N–H and O–H groups in total. The summed E-state index contributed by atoms with van der Waals surface area (Å²) in [4.78, 5) is 42.2. The molecule has 0 aromatic rings. The van der Waals surface area contributed by atoms with Crippen LogP contribution in [0.1, 0.15) is 38.5 Å². The third-order valence-electron chi connectivity index (χ3n) is 5.78. The first-order valence-corrected chi connectivity index (χ1v) is 9.74. The van der Waals surface area contributed by atoms with Crippen LogP contribution in [0.15, 0.2) is 0 Å². The second-order valence-corrected chi connectivity index (χ2v) is 7.43. The molecular formula is C18H30N4O4. The first-order valence-electron chi connectivity index (χ1n) is 9.74. The van der Waals surface area contributed by atoms with Crippen molar-refractivity contribution >= 4 is 17.8 Å². The summed E-state index contributed by atoms with van der Waals surface area (Å²) in [5.74, 6) is -0.851. The molecule has 3 aliphatic rings. The number of nitrogens with zero attached hydrogens (tertiary/aromatic N) is 3. The van der Waals surface area contributed by atoms with Crippen LogP contribution in [0.5, 0.6) is 0 Å². The molecule has 2 heterocycles. The highest BCUT2D eigenvalue weighted by Crippen LogP contribution is 2.21. The molecule has 8 nitrogen and oxygen atoms in total. The molecule has 0 aromatic carbocycles. The molecule has 8 heteroatoms. The molecule has 146 valence electrons. The van der Waals surface area contributed by atoms with Gasteiger partial charge < -0.3 is 24.8 Å². The standard InChI is InChI=1S/C18H30N4O4/c1-26-13-12-20-10-11-22(17(24)16(20)23)15-6-8-21(9-7-15)18(25)19-14-4-2-3-5-14/h14-15H,2-13H2,1H3,(H,19,25). The van der Waals surface area contributed by atoms with Crippen molar-refractivity contribution in [2.45, 2.75) is 50.6 Å². The van der Waals surface area contributed by atoms with Crippen molar-refractivity contribution in [3.8, 4) is 0 Å². The van der Waals surface area contributed by atoms with E-state index in [1.165, 1.54) is 12.8 Å². The Labute approximate surface area is 154 Å². The third-order valence-corrected chi connectivity index (χ3v) is 5.78. The van der Waals surface area contributed by atoms with Gasteiger partial charge in [0.2, 0.25) is 0 Å². The monoisotopic (exact) mass is 366 g/mol. The zero-order chi connectivity index (χ0) is 18.5. The second-order valence-electron chi connectivity index (χ2n) is 7.43. The molecule has 0 atom stereocenters. The van der Waals surface area contributed by atoms with E-state index in [-0.39, 0.29) is 12.1 Å². The van der Waals surface area contributed by atoms with Crippen LogP contribution >= 0.6 is 0 Å². The lowest BCUT2D eigenvalue weighted by molar-refractivity contribution is -0.158. The number of amides is 4. The van der Waals surface area contributed by atoms with Gasteiger partial charge in [-0.05, 0) is 25.7 Å². The summed E-state index contributed by atoms with van der Waals surface area (Å²) in [6, 6.07) is 0.383. The number of ether oxygens (including phenoxy) is 1. The molecule has 3 rings (SSSR count). The van der Waals surface area contributed by atoms with Crippen LogP contribution in [0.2, 0.25) is 0 Å². The Bertz CT molecular complexity index is 527. The number of carbonyl (C=O) groups is 3. The van der Waals surface area contributed by atoms with Gasteiger partial charge in [0.15, 0.2) is 0 Å². The number of rotatable bonds is 5. The molecule has 0 radical (unpaired) electrons. The number of likely N-dealkylation sites (tertiary alicyclic amines) is 1. The van der Waals surface area contributed by atoms with Crippen LogP contribution in [-0.4, -0.2) is 91.1 Å². The fraction of sp³-hybridized carbons (Fsp3) is 0.833. The maximum atomic E-state index is 12.4. The minimum atomic E-state index is -0.435. The van der Waals surface area contributed by atoms with Crippen molar-refractivity contribution in [3.63, 3.8) is 0 Å². The average Bonchev–Trinajstić information content (AvgIpc) is 3.16. The number of methoxy groups -OCH3 is 1. The molecular weight excluding hydrogens is 336 g/mol.